The third-order valence-corrected chi connectivity index (χ3v) is 2.45. The zero-order valence-electron chi connectivity index (χ0n) is 11.6. The van der Waals surface area contributed by atoms with E-state index in [1.54, 1.807) is 12.1 Å². The summed E-state index contributed by atoms with van der Waals surface area (Å²) < 4.78 is 0. The average molecular weight is 286 g/mol. The average Bonchev–Trinajstić information content (AvgIpc) is 2.48. The molecule has 0 saturated heterocycles. The summed E-state index contributed by atoms with van der Waals surface area (Å²) in [5, 5.41) is 8.48. The fourth-order valence-corrected chi connectivity index (χ4v) is 1.45. The second kappa shape index (κ2) is 9.14. The summed E-state index contributed by atoms with van der Waals surface area (Å²) in [5.74, 6) is -1.36. The van der Waals surface area contributed by atoms with Gasteiger partial charge < -0.3 is 5.11 Å². The van der Waals surface area contributed by atoms with Gasteiger partial charge >= 0.3 is 5.97 Å². The number of benzene rings is 1. The first-order chi connectivity index (χ1) is 10.1. The van der Waals surface area contributed by atoms with Gasteiger partial charge in [-0.1, -0.05) is 49.1 Å². The molecule has 0 fully saturated rings. The van der Waals surface area contributed by atoms with E-state index < -0.39 is 5.97 Å². The molecule has 0 saturated carbocycles. The Morgan fingerprint density at radius 3 is 2.71 bits per heavy atom. The largest absolute Gasteiger partial charge is 0.481 e. The molecule has 1 aromatic carbocycles. The molecule has 0 aliphatic heterocycles. The molecule has 0 aliphatic rings. The highest BCUT2D eigenvalue weighted by Gasteiger charge is 2.04. The van der Waals surface area contributed by atoms with Crippen molar-refractivity contribution >= 4 is 23.6 Å². The zero-order chi connectivity index (χ0) is 15.5. The molecular weight excluding hydrogens is 268 g/mol. The molecule has 110 valence electrons. The highest BCUT2D eigenvalue weighted by molar-refractivity contribution is 5.81. The fraction of sp³-hybridized carbons (Fsp3) is 0.125. The fourth-order valence-electron chi connectivity index (χ4n) is 1.45. The van der Waals surface area contributed by atoms with Gasteiger partial charge in [-0.2, -0.15) is 0 Å². The number of carbonyl (C=O) groups excluding carboxylic acids is 1. The standard InChI is InChI=1S/C16H18N2O3/c1-2-3-4-5-7-13-8-6-9-14(12-13)17-18-15(19)10-11-16(20)21/h2-9,12,17H,1,10-11H2,(H,18,19)(H,20,21). The number of nitrogens with one attached hydrogen (secondary N) is 2. The van der Waals surface area contributed by atoms with E-state index in [-0.39, 0.29) is 18.7 Å². The number of hydrogen-bond acceptors (Lipinski definition) is 3. The van der Waals surface area contributed by atoms with Crippen LogP contribution in [0.3, 0.4) is 0 Å². The van der Waals surface area contributed by atoms with Crippen LogP contribution in [0.5, 0.6) is 0 Å². The molecule has 0 spiro atoms. The number of carboxylic acid groups (broad SMARTS) is 1. The van der Waals surface area contributed by atoms with Gasteiger partial charge in [-0.15, -0.1) is 0 Å². The van der Waals surface area contributed by atoms with Crippen LogP contribution >= 0.6 is 0 Å². The van der Waals surface area contributed by atoms with Crippen molar-refractivity contribution in [3.05, 3.63) is 60.7 Å². The minimum atomic E-state index is -0.995. The lowest BCUT2D eigenvalue weighted by atomic mass is 10.2. The maximum Gasteiger partial charge on any atom is 0.303 e. The van der Waals surface area contributed by atoms with Crippen LogP contribution in [0.25, 0.3) is 6.08 Å². The lowest BCUT2D eigenvalue weighted by molar-refractivity contribution is -0.138. The smallest absolute Gasteiger partial charge is 0.303 e. The molecular formula is C16H18N2O3. The molecule has 0 bridgehead atoms. The third kappa shape index (κ3) is 7.37. The molecule has 0 aliphatic carbocycles. The normalized spacial score (nSPS) is 10.7. The summed E-state index contributed by atoms with van der Waals surface area (Å²) in [4.78, 5) is 21.7. The van der Waals surface area contributed by atoms with Gasteiger partial charge in [-0.05, 0) is 17.7 Å². The van der Waals surface area contributed by atoms with Crippen LogP contribution < -0.4 is 10.9 Å². The molecule has 3 N–H and O–H groups in total. The summed E-state index contributed by atoms with van der Waals surface area (Å²) in [7, 11) is 0. The molecule has 1 amide bonds. The Balaban J connectivity index is 2.50. The Hall–Kier alpha value is -2.82. The summed E-state index contributed by atoms with van der Waals surface area (Å²) >= 11 is 0. The predicted octanol–water partition coefficient (Wildman–Crippen LogP) is 2.75. The van der Waals surface area contributed by atoms with Gasteiger partial charge in [0.2, 0.25) is 5.91 Å². The molecule has 21 heavy (non-hydrogen) atoms. The zero-order valence-corrected chi connectivity index (χ0v) is 11.6. The first kappa shape index (κ1) is 16.2. The van der Waals surface area contributed by atoms with Gasteiger partial charge in [-0.25, -0.2) is 0 Å². The van der Waals surface area contributed by atoms with Gasteiger partial charge in [0, 0.05) is 6.42 Å². The Morgan fingerprint density at radius 2 is 2.00 bits per heavy atom. The maximum absolute atomic E-state index is 11.4. The first-order valence-corrected chi connectivity index (χ1v) is 6.44. The van der Waals surface area contributed by atoms with Crippen LogP contribution in [0.1, 0.15) is 18.4 Å². The van der Waals surface area contributed by atoms with E-state index in [9.17, 15) is 9.59 Å². The highest BCUT2D eigenvalue weighted by atomic mass is 16.4. The monoisotopic (exact) mass is 286 g/mol. The van der Waals surface area contributed by atoms with Crippen LogP contribution in [-0.4, -0.2) is 17.0 Å². The summed E-state index contributed by atoms with van der Waals surface area (Å²) in [5.41, 5.74) is 6.89. The number of hydrazine groups is 1. The Morgan fingerprint density at radius 1 is 1.19 bits per heavy atom. The molecule has 5 nitrogen and oxygen atoms in total. The number of aliphatic carboxylic acids is 1. The van der Waals surface area contributed by atoms with Gasteiger partial charge in [0.25, 0.3) is 0 Å². The second-order valence-corrected chi connectivity index (χ2v) is 4.17. The minimum Gasteiger partial charge on any atom is -0.481 e. The predicted molar refractivity (Wildman–Crippen MR) is 83.4 cm³/mol. The van der Waals surface area contributed by atoms with Crippen molar-refractivity contribution in [1.82, 2.24) is 5.43 Å². The van der Waals surface area contributed by atoms with Crippen molar-refractivity contribution in [2.24, 2.45) is 0 Å². The van der Waals surface area contributed by atoms with Crippen LogP contribution in [-0.2, 0) is 9.59 Å². The van der Waals surface area contributed by atoms with Gasteiger partial charge in [0.15, 0.2) is 0 Å². The van der Waals surface area contributed by atoms with E-state index in [2.05, 4.69) is 17.4 Å². The quantitative estimate of drug-likeness (QED) is 0.507. The number of anilines is 1. The van der Waals surface area contributed by atoms with E-state index in [4.69, 9.17) is 5.11 Å². The van der Waals surface area contributed by atoms with Crippen LogP contribution in [0, 0.1) is 0 Å². The molecule has 0 radical (unpaired) electrons. The number of carboxylic acids is 1. The molecule has 5 heteroatoms. The lowest BCUT2D eigenvalue weighted by Gasteiger charge is -2.08. The summed E-state index contributed by atoms with van der Waals surface area (Å²) in [6.45, 7) is 3.58. The topological polar surface area (TPSA) is 78.4 Å². The Bertz CT molecular complexity index is 562. The van der Waals surface area contributed by atoms with Crippen molar-refractivity contribution in [1.29, 1.82) is 0 Å². The second-order valence-electron chi connectivity index (χ2n) is 4.17. The van der Waals surface area contributed by atoms with Crippen LogP contribution in [0.4, 0.5) is 5.69 Å². The number of rotatable bonds is 8. The van der Waals surface area contributed by atoms with Crippen LogP contribution in [0.15, 0.2) is 55.1 Å². The maximum atomic E-state index is 11.4. The number of carbonyl (C=O) groups is 2. The molecule has 0 aromatic heterocycles. The number of allylic oxidation sites excluding steroid dienone is 4. The highest BCUT2D eigenvalue weighted by Crippen LogP contribution is 2.11. The number of hydrogen-bond donors (Lipinski definition) is 3. The van der Waals surface area contributed by atoms with E-state index in [1.807, 2.05) is 42.5 Å². The van der Waals surface area contributed by atoms with E-state index in [1.165, 1.54) is 0 Å². The third-order valence-electron chi connectivity index (χ3n) is 2.45. The molecule has 1 rings (SSSR count). The van der Waals surface area contributed by atoms with Crippen molar-refractivity contribution < 1.29 is 14.7 Å². The number of amides is 1. The van der Waals surface area contributed by atoms with Gasteiger partial charge in [0.05, 0.1) is 12.1 Å². The van der Waals surface area contributed by atoms with Crippen molar-refractivity contribution in [3.63, 3.8) is 0 Å². The Labute approximate surface area is 123 Å². The van der Waals surface area contributed by atoms with E-state index in [0.717, 1.165) is 5.56 Å². The van der Waals surface area contributed by atoms with Crippen molar-refractivity contribution in [2.45, 2.75) is 12.8 Å². The summed E-state index contributed by atoms with van der Waals surface area (Å²) in [6, 6.07) is 7.43. The van der Waals surface area contributed by atoms with Gasteiger partial charge in [0.1, 0.15) is 0 Å². The van der Waals surface area contributed by atoms with E-state index in [0.29, 0.717) is 5.69 Å². The Kier molecular flexibility index (Phi) is 7.07. The molecule has 0 atom stereocenters. The molecule has 1 aromatic rings. The van der Waals surface area contributed by atoms with Crippen molar-refractivity contribution in [2.75, 3.05) is 5.43 Å². The van der Waals surface area contributed by atoms with Crippen molar-refractivity contribution in [3.8, 4) is 0 Å². The molecule has 0 heterocycles. The molecule has 0 unspecified atom stereocenters. The van der Waals surface area contributed by atoms with Gasteiger partial charge in [-0.3, -0.25) is 20.4 Å². The lowest BCUT2D eigenvalue weighted by Crippen LogP contribution is -2.29. The summed E-state index contributed by atoms with van der Waals surface area (Å²) in [6.07, 6.45) is 8.92. The van der Waals surface area contributed by atoms with Crippen LogP contribution in [0.2, 0.25) is 0 Å². The SMILES string of the molecule is C=CC=CC=Cc1cccc(NNC(=O)CCC(=O)O)c1. The first-order valence-electron chi connectivity index (χ1n) is 6.44. The van der Waals surface area contributed by atoms with E-state index >= 15 is 0 Å². The minimum absolute atomic E-state index is 0.0612.